The number of hydrogen-bond donors (Lipinski definition) is 1. The van der Waals surface area contributed by atoms with Crippen molar-refractivity contribution < 1.29 is 9.47 Å². The Morgan fingerprint density at radius 3 is 2.24 bits per heavy atom. The normalized spacial score (nSPS) is 10.7. The molecule has 1 N–H and O–H groups in total. The third-order valence-corrected chi connectivity index (χ3v) is 5.14. The van der Waals surface area contributed by atoms with Crippen LogP contribution in [0.4, 0.5) is 5.69 Å². The van der Waals surface area contributed by atoms with Crippen LogP contribution in [0.2, 0.25) is 20.1 Å². The molecule has 3 rings (SSSR count). The summed E-state index contributed by atoms with van der Waals surface area (Å²) in [6, 6.07) is 16.5. The van der Waals surface area contributed by atoms with E-state index >= 15 is 0 Å². The molecule has 0 spiro atoms. The first-order valence-electron chi connectivity index (χ1n) is 8.97. The number of halogens is 4. The van der Waals surface area contributed by atoms with Crippen molar-refractivity contribution >= 4 is 52.1 Å². The molecule has 0 saturated carbocycles. The van der Waals surface area contributed by atoms with Crippen molar-refractivity contribution in [1.29, 1.82) is 0 Å². The second kappa shape index (κ2) is 10.3. The van der Waals surface area contributed by atoms with Crippen molar-refractivity contribution in [2.24, 2.45) is 0 Å². The largest absolute Gasteiger partial charge is 0.490 e. The summed E-state index contributed by atoms with van der Waals surface area (Å²) in [6.07, 6.45) is 0. The van der Waals surface area contributed by atoms with Gasteiger partial charge in [-0.15, -0.1) is 0 Å². The van der Waals surface area contributed by atoms with E-state index in [0.29, 0.717) is 44.7 Å². The first kappa shape index (κ1) is 21.9. The Kier molecular flexibility index (Phi) is 7.79. The number of ether oxygens (including phenoxy) is 2. The van der Waals surface area contributed by atoms with Crippen molar-refractivity contribution in [1.82, 2.24) is 0 Å². The molecule has 7 heteroatoms. The number of hydrogen-bond acceptors (Lipinski definition) is 3. The molecule has 0 aliphatic rings. The molecular formula is C22H19Cl4NO2. The lowest BCUT2D eigenvalue weighted by atomic mass is 10.2. The van der Waals surface area contributed by atoms with E-state index in [9.17, 15) is 0 Å². The summed E-state index contributed by atoms with van der Waals surface area (Å²) in [5.74, 6) is 1.07. The molecule has 0 radical (unpaired) electrons. The number of rotatable bonds is 8. The Morgan fingerprint density at radius 2 is 1.55 bits per heavy atom. The molecule has 0 bridgehead atoms. The van der Waals surface area contributed by atoms with Crippen LogP contribution in [0.5, 0.6) is 11.5 Å². The molecule has 3 nitrogen and oxygen atoms in total. The summed E-state index contributed by atoms with van der Waals surface area (Å²) in [6.45, 7) is 3.20. The van der Waals surface area contributed by atoms with Gasteiger partial charge < -0.3 is 14.8 Å². The molecule has 0 aliphatic carbocycles. The maximum Gasteiger partial charge on any atom is 0.180 e. The summed E-state index contributed by atoms with van der Waals surface area (Å²) in [4.78, 5) is 0. The van der Waals surface area contributed by atoms with Crippen molar-refractivity contribution in [3.05, 3.63) is 85.8 Å². The van der Waals surface area contributed by atoms with E-state index in [-0.39, 0.29) is 6.61 Å². The highest BCUT2D eigenvalue weighted by atomic mass is 35.5. The molecular weight excluding hydrogens is 452 g/mol. The van der Waals surface area contributed by atoms with E-state index in [2.05, 4.69) is 5.32 Å². The smallest absolute Gasteiger partial charge is 0.180 e. The zero-order valence-corrected chi connectivity index (χ0v) is 18.7. The van der Waals surface area contributed by atoms with Crippen LogP contribution in [0, 0.1) is 0 Å². The van der Waals surface area contributed by atoms with Crippen molar-refractivity contribution in [2.75, 3.05) is 11.9 Å². The lowest BCUT2D eigenvalue weighted by Crippen LogP contribution is -2.04. The number of nitrogens with one attached hydrogen (secondary N) is 1. The van der Waals surface area contributed by atoms with E-state index in [1.807, 2.05) is 43.3 Å². The molecule has 3 aromatic rings. The molecule has 0 unspecified atom stereocenters. The van der Waals surface area contributed by atoms with Gasteiger partial charge in [0.25, 0.3) is 0 Å². The van der Waals surface area contributed by atoms with Gasteiger partial charge in [-0.1, -0.05) is 64.6 Å². The van der Waals surface area contributed by atoms with Gasteiger partial charge in [0.15, 0.2) is 11.5 Å². The number of benzene rings is 3. The van der Waals surface area contributed by atoms with Gasteiger partial charge >= 0.3 is 0 Å². The van der Waals surface area contributed by atoms with Gasteiger partial charge in [0, 0.05) is 32.9 Å². The summed E-state index contributed by atoms with van der Waals surface area (Å²) in [5, 5.41) is 5.52. The van der Waals surface area contributed by atoms with Gasteiger partial charge in [-0.05, 0) is 48.9 Å². The predicted octanol–water partition coefficient (Wildman–Crippen LogP) is 7.89. The molecule has 3 aromatic carbocycles. The lowest BCUT2D eigenvalue weighted by molar-refractivity contribution is 0.269. The van der Waals surface area contributed by atoms with E-state index in [1.54, 1.807) is 18.2 Å². The highest BCUT2D eigenvalue weighted by molar-refractivity contribution is 6.35. The van der Waals surface area contributed by atoms with Gasteiger partial charge in [0.2, 0.25) is 0 Å². The SMILES string of the molecule is CCOc1cc(CNc2cc(Cl)cc(Cl)c2)cc(Cl)c1OCc1ccccc1Cl. The number of anilines is 1. The Bertz CT molecular complexity index is 974. The molecule has 152 valence electrons. The van der Waals surface area contributed by atoms with E-state index in [0.717, 1.165) is 16.8 Å². The van der Waals surface area contributed by atoms with Gasteiger partial charge in [0.1, 0.15) is 6.61 Å². The van der Waals surface area contributed by atoms with Gasteiger partial charge in [-0.2, -0.15) is 0 Å². The Morgan fingerprint density at radius 1 is 0.828 bits per heavy atom. The fourth-order valence-corrected chi connectivity index (χ4v) is 3.76. The average molecular weight is 471 g/mol. The van der Waals surface area contributed by atoms with Crippen LogP contribution < -0.4 is 14.8 Å². The Balaban J connectivity index is 1.77. The van der Waals surface area contributed by atoms with E-state index in [1.165, 1.54) is 0 Å². The minimum Gasteiger partial charge on any atom is -0.490 e. The van der Waals surface area contributed by atoms with Crippen molar-refractivity contribution in [3.8, 4) is 11.5 Å². The fraction of sp³-hybridized carbons (Fsp3) is 0.182. The molecule has 0 heterocycles. The Hall–Kier alpha value is -1.78. The molecule has 0 atom stereocenters. The Labute approximate surface area is 190 Å². The van der Waals surface area contributed by atoms with Crippen molar-refractivity contribution in [3.63, 3.8) is 0 Å². The van der Waals surface area contributed by atoms with Crippen LogP contribution in [0.1, 0.15) is 18.1 Å². The standard InChI is InChI=1S/C22H19Cl4NO2/c1-2-28-21-8-14(12-27-18-10-16(23)9-17(24)11-18)7-20(26)22(21)29-13-15-5-3-4-6-19(15)25/h3-11,27H,2,12-13H2,1H3. The van der Waals surface area contributed by atoms with Crippen molar-refractivity contribution in [2.45, 2.75) is 20.1 Å². The topological polar surface area (TPSA) is 30.5 Å². The molecule has 0 aliphatic heterocycles. The lowest BCUT2D eigenvalue weighted by Gasteiger charge is -2.16. The molecule has 0 amide bonds. The molecule has 0 aromatic heterocycles. The third-order valence-electron chi connectivity index (χ3n) is 4.06. The average Bonchev–Trinajstić information content (AvgIpc) is 2.66. The minimum atomic E-state index is 0.290. The van der Waals surface area contributed by atoms with Gasteiger partial charge in [0.05, 0.1) is 11.6 Å². The quantitative estimate of drug-likeness (QED) is 0.363. The third kappa shape index (κ3) is 6.10. The maximum absolute atomic E-state index is 6.50. The fourth-order valence-electron chi connectivity index (χ4n) is 2.75. The van der Waals surface area contributed by atoms with E-state index < -0.39 is 0 Å². The highest BCUT2D eigenvalue weighted by Gasteiger charge is 2.14. The summed E-state index contributed by atoms with van der Waals surface area (Å²) in [5.41, 5.74) is 2.62. The maximum atomic E-state index is 6.50. The molecule has 29 heavy (non-hydrogen) atoms. The minimum absolute atomic E-state index is 0.290. The van der Waals surface area contributed by atoms with E-state index in [4.69, 9.17) is 55.9 Å². The van der Waals surface area contributed by atoms with Gasteiger partial charge in [-0.25, -0.2) is 0 Å². The summed E-state index contributed by atoms with van der Waals surface area (Å²) < 4.78 is 11.7. The molecule has 0 saturated heterocycles. The first-order valence-corrected chi connectivity index (χ1v) is 10.5. The molecule has 0 fully saturated rings. The van der Waals surface area contributed by atoms with Crippen LogP contribution in [0.25, 0.3) is 0 Å². The first-order chi connectivity index (χ1) is 14.0. The van der Waals surface area contributed by atoms with Crippen LogP contribution in [0.15, 0.2) is 54.6 Å². The van der Waals surface area contributed by atoms with Crippen LogP contribution in [0.3, 0.4) is 0 Å². The second-order valence-corrected chi connectivity index (χ2v) is 7.92. The van der Waals surface area contributed by atoms with Crippen LogP contribution in [-0.4, -0.2) is 6.61 Å². The second-order valence-electron chi connectivity index (χ2n) is 6.23. The highest BCUT2D eigenvalue weighted by Crippen LogP contribution is 2.38. The van der Waals surface area contributed by atoms with Gasteiger partial charge in [-0.3, -0.25) is 0 Å². The predicted molar refractivity (Wildman–Crippen MR) is 122 cm³/mol. The van der Waals surface area contributed by atoms with Crippen LogP contribution >= 0.6 is 46.4 Å². The van der Waals surface area contributed by atoms with Crippen LogP contribution in [-0.2, 0) is 13.2 Å². The summed E-state index contributed by atoms with van der Waals surface area (Å²) >= 11 is 24.8. The summed E-state index contributed by atoms with van der Waals surface area (Å²) in [7, 11) is 0. The zero-order valence-electron chi connectivity index (χ0n) is 15.6. The monoisotopic (exact) mass is 469 g/mol. The zero-order chi connectivity index (χ0) is 20.8.